The molecule has 1 atom stereocenters. The maximum absolute atomic E-state index is 12.5. The second-order valence-electron chi connectivity index (χ2n) is 5.71. The third-order valence-corrected chi connectivity index (χ3v) is 4.34. The molecule has 26 heavy (non-hydrogen) atoms. The van der Waals surface area contributed by atoms with E-state index in [1.165, 1.54) is 4.80 Å². The molecule has 8 heteroatoms. The minimum atomic E-state index is -0.539. The van der Waals surface area contributed by atoms with Gasteiger partial charge >= 0.3 is 0 Å². The lowest BCUT2D eigenvalue weighted by molar-refractivity contribution is -0.125. The molecular formula is C18H17Cl2N5O. The topological polar surface area (TPSA) is 72.7 Å². The van der Waals surface area contributed by atoms with Crippen LogP contribution in [0.3, 0.4) is 0 Å². The molecular weight excluding hydrogens is 373 g/mol. The van der Waals surface area contributed by atoms with Gasteiger partial charge in [0.15, 0.2) is 6.04 Å². The minimum Gasteiger partial charge on any atom is -0.350 e. The molecule has 0 fully saturated rings. The molecule has 0 aliphatic heterocycles. The van der Waals surface area contributed by atoms with Crippen LogP contribution in [0.25, 0.3) is 11.4 Å². The predicted octanol–water partition coefficient (Wildman–Crippen LogP) is 3.91. The summed E-state index contributed by atoms with van der Waals surface area (Å²) in [6, 6.07) is 13.9. The summed E-state index contributed by atoms with van der Waals surface area (Å²) in [5.74, 6) is 0.273. The Morgan fingerprint density at radius 3 is 2.62 bits per heavy atom. The Balaban J connectivity index is 1.70. The molecule has 0 spiro atoms. The van der Waals surface area contributed by atoms with Crippen molar-refractivity contribution >= 4 is 29.1 Å². The van der Waals surface area contributed by atoms with Gasteiger partial charge in [0.05, 0.1) is 0 Å². The van der Waals surface area contributed by atoms with Crippen molar-refractivity contribution in [2.24, 2.45) is 0 Å². The molecule has 134 valence electrons. The van der Waals surface area contributed by atoms with E-state index >= 15 is 0 Å². The van der Waals surface area contributed by atoms with Crippen molar-refractivity contribution in [3.63, 3.8) is 0 Å². The van der Waals surface area contributed by atoms with Crippen molar-refractivity contribution in [3.8, 4) is 11.4 Å². The van der Waals surface area contributed by atoms with Crippen LogP contribution >= 0.6 is 23.2 Å². The highest BCUT2D eigenvalue weighted by Gasteiger charge is 2.21. The zero-order valence-corrected chi connectivity index (χ0v) is 15.6. The quantitative estimate of drug-likeness (QED) is 0.693. The van der Waals surface area contributed by atoms with Gasteiger partial charge in [-0.2, -0.15) is 4.80 Å². The molecule has 6 nitrogen and oxygen atoms in total. The van der Waals surface area contributed by atoms with Gasteiger partial charge in [-0.25, -0.2) is 0 Å². The van der Waals surface area contributed by atoms with Crippen LogP contribution in [0.4, 0.5) is 0 Å². The smallest absolute Gasteiger partial charge is 0.247 e. The number of halogens is 2. The van der Waals surface area contributed by atoms with E-state index in [-0.39, 0.29) is 5.91 Å². The summed E-state index contributed by atoms with van der Waals surface area (Å²) < 4.78 is 0. The minimum absolute atomic E-state index is 0.174. The summed E-state index contributed by atoms with van der Waals surface area (Å²) in [6.07, 6.45) is 0.539. The van der Waals surface area contributed by atoms with Crippen LogP contribution in [0.2, 0.25) is 10.0 Å². The van der Waals surface area contributed by atoms with Gasteiger partial charge in [-0.3, -0.25) is 4.79 Å². The van der Waals surface area contributed by atoms with Gasteiger partial charge in [-0.1, -0.05) is 42.3 Å². The van der Waals surface area contributed by atoms with Crippen molar-refractivity contribution in [2.45, 2.75) is 25.9 Å². The molecule has 2 aromatic carbocycles. The Hall–Kier alpha value is -2.44. The van der Waals surface area contributed by atoms with E-state index in [1.54, 1.807) is 18.2 Å². The second-order valence-corrected chi connectivity index (χ2v) is 6.58. The summed E-state index contributed by atoms with van der Waals surface area (Å²) in [5.41, 5.74) is 1.71. The number of carbonyl (C=O) groups is 1. The molecule has 0 saturated heterocycles. The summed E-state index contributed by atoms with van der Waals surface area (Å²) >= 11 is 11.9. The summed E-state index contributed by atoms with van der Waals surface area (Å²) in [4.78, 5) is 13.9. The van der Waals surface area contributed by atoms with Gasteiger partial charge in [-0.15, -0.1) is 10.2 Å². The fraction of sp³-hybridized carbons (Fsp3) is 0.222. The molecule has 1 heterocycles. The lowest BCUT2D eigenvalue weighted by atomic mass is 10.2. The molecule has 1 aromatic heterocycles. The molecule has 1 amide bonds. The fourth-order valence-corrected chi connectivity index (χ4v) is 2.82. The zero-order chi connectivity index (χ0) is 18.5. The van der Waals surface area contributed by atoms with E-state index in [0.717, 1.165) is 11.1 Å². The monoisotopic (exact) mass is 389 g/mol. The number of rotatable bonds is 6. The number of benzene rings is 2. The number of hydrogen-bond acceptors (Lipinski definition) is 4. The SMILES string of the molecule is CCC(C(=O)NCc1cccc(Cl)c1)n1nnc(-c2ccc(Cl)cc2)n1. The van der Waals surface area contributed by atoms with Gasteiger partial charge in [0.2, 0.25) is 11.7 Å². The number of nitrogens with one attached hydrogen (secondary N) is 1. The van der Waals surface area contributed by atoms with Gasteiger partial charge in [0.25, 0.3) is 0 Å². The Morgan fingerprint density at radius 2 is 1.92 bits per heavy atom. The van der Waals surface area contributed by atoms with Crippen LogP contribution in [0.15, 0.2) is 48.5 Å². The molecule has 3 rings (SSSR count). The molecule has 0 radical (unpaired) electrons. The van der Waals surface area contributed by atoms with E-state index in [2.05, 4.69) is 20.7 Å². The summed E-state index contributed by atoms with van der Waals surface area (Å²) in [7, 11) is 0. The van der Waals surface area contributed by atoms with Crippen LogP contribution < -0.4 is 5.32 Å². The highest BCUT2D eigenvalue weighted by molar-refractivity contribution is 6.30. The van der Waals surface area contributed by atoms with Crippen molar-refractivity contribution in [1.82, 2.24) is 25.5 Å². The van der Waals surface area contributed by atoms with Crippen molar-refractivity contribution < 1.29 is 4.79 Å². The number of tetrazole rings is 1. The Kier molecular flexibility index (Phi) is 5.85. The maximum Gasteiger partial charge on any atom is 0.247 e. The zero-order valence-electron chi connectivity index (χ0n) is 14.1. The van der Waals surface area contributed by atoms with Gasteiger partial charge in [0.1, 0.15) is 0 Å². The average Bonchev–Trinajstić information content (AvgIpc) is 3.11. The molecule has 3 aromatic rings. The number of amides is 1. The van der Waals surface area contributed by atoms with Crippen molar-refractivity contribution in [3.05, 3.63) is 64.1 Å². The summed E-state index contributed by atoms with van der Waals surface area (Å²) in [6.45, 7) is 2.28. The van der Waals surface area contributed by atoms with Crippen LogP contribution in [0.1, 0.15) is 24.9 Å². The molecule has 0 bridgehead atoms. The highest BCUT2D eigenvalue weighted by Crippen LogP contribution is 2.18. The summed E-state index contributed by atoms with van der Waals surface area (Å²) in [5, 5.41) is 16.6. The predicted molar refractivity (Wildman–Crippen MR) is 101 cm³/mol. The Morgan fingerprint density at radius 1 is 1.15 bits per heavy atom. The fourth-order valence-electron chi connectivity index (χ4n) is 2.48. The van der Waals surface area contributed by atoms with Gasteiger partial charge in [0, 0.05) is 22.2 Å². The number of hydrogen-bond donors (Lipinski definition) is 1. The first-order valence-corrected chi connectivity index (χ1v) is 8.90. The van der Waals surface area contributed by atoms with E-state index in [0.29, 0.717) is 28.8 Å². The highest BCUT2D eigenvalue weighted by atomic mass is 35.5. The number of aromatic nitrogens is 4. The third kappa shape index (κ3) is 4.39. The largest absolute Gasteiger partial charge is 0.350 e. The van der Waals surface area contributed by atoms with Crippen molar-refractivity contribution in [2.75, 3.05) is 0 Å². The first kappa shape index (κ1) is 18.4. The number of carbonyl (C=O) groups excluding carboxylic acids is 1. The lowest BCUT2D eigenvalue weighted by Gasteiger charge is -2.13. The maximum atomic E-state index is 12.5. The van der Waals surface area contributed by atoms with Gasteiger partial charge < -0.3 is 5.32 Å². The standard InChI is InChI=1S/C18H17Cl2N5O/c1-2-16(18(26)21-11-12-4-3-5-15(20)10-12)25-23-17(22-24-25)13-6-8-14(19)9-7-13/h3-10,16H,2,11H2,1H3,(H,21,26). The van der Waals surface area contributed by atoms with E-state index in [9.17, 15) is 4.79 Å². The molecule has 1 unspecified atom stereocenters. The van der Waals surface area contributed by atoms with Crippen LogP contribution in [-0.4, -0.2) is 26.1 Å². The first-order valence-electron chi connectivity index (χ1n) is 8.14. The molecule has 0 aliphatic carbocycles. The first-order chi connectivity index (χ1) is 12.6. The van der Waals surface area contributed by atoms with E-state index in [4.69, 9.17) is 23.2 Å². The molecule has 0 aliphatic rings. The van der Waals surface area contributed by atoms with E-state index < -0.39 is 6.04 Å². The number of nitrogens with zero attached hydrogens (tertiary/aromatic N) is 4. The second kappa shape index (κ2) is 8.29. The Labute approximate surface area is 161 Å². The average molecular weight is 390 g/mol. The van der Waals surface area contributed by atoms with Crippen molar-refractivity contribution in [1.29, 1.82) is 0 Å². The molecule has 0 saturated carbocycles. The Bertz CT molecular complexity index is 895. The van der Waals surface area contributed by atoms with Gasteiger partial charge in [-0.05, 0) is 53.6 Å². The molecule has 1 N–H and O–H groups in total. The van der Waals surface area contributed by atoms with Crippen LogP contribution in [-0.2, 0) is 11.3 Å². The lowest BCUT2D eigenvalue weighted by Crippen LogP contribution is -2.33. The van der Waals surface area contributed by atoms with E-state index in [1.807, 2.05) is 37.3 Å². The normalized spacial score (nSPS) is 12.0. The third-order valence-electron chi connectivity index (χ3n) is 3.85. The van der Waals surface area contributed by atoms with Crippen LogP contribution in [0.5, 0.6) is 0 Å². The van der Waals surface area contributed by atoms with Crippen LogP contribution in [0, 0.1) is 0 Å².